The standard InChI is InChI=1S/C13H20N2O3S/c1-14(2)15(8-11-6-4-3-5-7-11)12-9-19(17,18)10-13(12)16/h3-7,12-13,16H,8-10H2,1-2H3/t12-,13+/m0/s1. The van der Waals surface area contributed by atoms with Crippen LogP contribution < -0.4 is 0 Å². The number of nitrogens with zero attached hydrogens (tertiary/aromatic N) is 2. The average molecular weight is 284 g/mol. The molecule has 0 bridgehead atoms. The maximum atomic E-state index is 11.6. The SMILES string of the molecule is CN(C)N(Cc1ccccc1)[C@H]1CS(=O)(=O)C[C@H]1O. The van der Waals surface area contributed by atoms with Gasteiger partial charge in [0.15, 0.2) is 9.84 Å². The third kappa shape index (κ3) is 3.54. The number of sulfone groups is 1. The Balaban J connectivity index is 2.17. The van der Waals surface area contributed by atoms with Gasteiger partial charge in [0, 0.05) is 20.6 Å². The molecule has 1 fully saturated rings. The molecule has 6 heteroatoms. The molecule has 1 aliphatic heterocycles. The van der Waals surface area contributed by atoms with Gasteiger partial charge < -0.3 is 5.11 Å². The van der Waals surface area contributed by atoms with Crippen LogP contribution in [-0.2, 0) is 16.4 Å². The molecule has 1 aromatic rings. The molecule has 0 aliphatic carbocycles. The highest BCUT2D eigenvalue weighted by Crippen LogP contribution is 2.21. The van der Waals surface area contributed by atoms with Crippen LogP contribution in [0.1, 0.15) is 5.56 Å². The number of hydrogen-bond acceptors (Lipinski definition) is 5. The van der Waals surface area contributed by atoms with Crippen molar-refractivity contribution in [2.75, 3.05) is 25.6 Å². The minimum atomic E-state index is -3.13. The fraction of sp³-hybridized carbons (Fsp3) is 0.538. The maximum Gasteiger partial charge on any atom is 0.154 e. The van der Waals surface area contributed by atoms with Crippen molar-refractivity contribution in [3.8, 4) is 0 Å². The Kier molecular flexibility index (Phi) is 4.25. The lowest BCUT2D eigenvalue weighted by Crippen LogP contribution is -2.49. The summed E-state index contributed by atoms with van der Waals surface area (Å²) in [6.07, 6.45) is -0.823. The lowest BCUT2D eigenvalue weighted by molar-refractivity contribution is -0.0558. The highest BCUT2D eigenvalue weighted by atomic mass is 32.2. The molecule has 1 aromatic carbocycles. The van der Waals surface area contributed by atoms with Gasteiger partial charge in [-0.05, 0) is 5.56 Å². The predicted molar refractivity (Wildman–Crippen MR) is 74.1 cm³/mol. The molecule has 2 atom stereocenters. The quantitative estimate of drug-likeness (QED) is 0.796. The molecule has 0 amide bonds. The highest BCUT2D eigenvalue weighted by Gasteiger charge is 2.40. The summed E-state index contributed by atoms with van der Waals surface area (Å²) >= 11 is 0. The van der Waals surface area contributed by atoms with Crippen LogP contribution in [-0.4, -0.2) is 61.3 Å². The van der Waals surface area contributed by atoms with E-state index in [0.717, 1.165) is 5.56 Å². The summed E-state index contributed by atoms with van der Waals surface area (Å²) in [5.41, 5.74) is 1.09. The van der Waals surface area contributed by atoms with E-state index in [-0.39, 0.29) is 17.5 Å². The Morgan fingerprint density at radius 1 is 1.21 bits per heavy atom. The zero-order valence-corrected chi connectivity index (χ0v) is 12.0. The van der Waals surface area contributed by atoms with Crippen LogP contribution in [0.15, 0.2) is 30.3 Å². The molecule has 1 heterocycles. The molecule has 0 aromatic heterocycles. The summed E-state index contributed by atoms with van der Waals surface area (Å²) in [7, 11) is 0.590. The van der Waals surface area contributed by atoms with Crippen LogP contribution in [0.3, 0.4) is 0 Å². The molecule has 2 rings (SSSR count). The van der Waals surface area contributed by atoms with E-state index in [4.69, 9.17) is 0 Å². The second kappa shape index (κ2) is 5.58. The van der Waals surface area contributed by atoms with E-state index in [1.807, 2.05) is 54.4 Å². The van der Waals surface area contributed by atoms with Crippen molar-refractivity contribution in [1.82, 2.24) is 10.0 Å². The van der Waals surface area contributed by atoms with Crippen molar-refractivity contribution < 1.29 is 13.5 Å². The fourth-order valence-corrected chi connectivity index (χ4v) is 4.21. The van der Waals surface area contributed by atoms with E-state index in [1.165, 1.54) is 0 Å². The monoisotopic (exact) mass is 284 g/mol. The first kappa shape index (κ1) is 14.5. The lowest BCUT2D eigenvalue weighted by atomic mass is 10.1. The first-order chi connectivity index (χ1) is 8.89. The Hall–Kier alpha value is -0.950. The van der Waals surface area contributed by atoms with Crippen LogP contribution >= 0.6 is 0 Å². The molecule has 1 saturated heterocycles. The maximum absolute atomic E-state index is 11.6. The van der Waals surface area contributed by atoms with Crippen molar-refractivity contribution >= 4 is 9.84 Å². The van der Waals surface area contributed by atoms with E-state index in [1.54, 1.807) is 0 Å². The van der Waals surface area contributed by atoms with E-state index in [2.05, 4.69) is 0 Å². The first-order valence-electron chi connectivity index (χ1n) is 6.25. The van der Waals surface area contributed by atoms with Gasteiger partial charge in [0.25, 0.3) is 0 Å². The molecule has 19 heavy (non-hydrogen) atoms. The third-order valence-corrected chi connectivity index (χ3v) is 5.08. The zero-order chi connectivity index (χ0) is 14.0. The number of rotatable bonds is 4. The number of aliphatic hydroxyl groups is 1. The number of hydrazine groups is 1. The van der Waals surface area contributed by atoms with Gasteiger partial charge in [0.05, 0.1) is 23.7 Å². The topological polar surface area (TPSA) is 60.9 Å². The first-order valence-corrected chi connectivity index (χ1v) is 8.07. The third-order valence-electron chi connectivity index (χ3n) is 3.38. The van der Waals surface area contributed by atoms with Crippen LogP contribution in [0.4, 0.5) is 0 Å². The summed E-state index contributed by atoms with van der Waals surface area (Å²) in [6.45, 7) is 0.588. The molecule has 0 unspecified atom stereocenters. The second-order valence-corrected chi connectivity index (χ2v) is 7.30. The van der Waals surface area contributed by atoms with E-state index < -0.39 is 15.9 Å². The van der Waals surface area contributed by atoms with Gasteiger partial charge in [-0.2, -0.15) is 0 Å². The largest absolute Gasteiger partial charge is 0.390 e. The van der Waals surface area contributed by atoms with Crippen LogP contribution in [0.25, 0.3) is 0 Å². The van der Waals surface area contributed by atoms with Gasteiger partial charge in [0.2, 0.25) is 0 Å². The Morgan fingerprint density at radius 2 is 1.84 bits per heavy atom. The van der Waals surface area contributed by atoms with Crippen LogP contribution in [0, 0.1) is 0 Å². The van der Waals surface area contributed by atoms with Gasteiger partial charge >= 0.3 is 0 Å². The molecule has 0 saturated carbocycles. The molecular weight excluding hydrogens is 264 g/mol. The summed E-state index contributed by atoms with van der Waals surface area (Å²) < 4.78 is 23.3. The minimum Gasteiger partial charge on any atom is -0.390 e. The summed E-state index contributed by atoms with van der Waals surface area (Å²) in [4.78, 5) is 0. The van der Waals surface area contributed by atoms with Gasteiger partial charge in [-0.25, -0.2) is 18.4 Å². The molecule has 1 aliphatic rings. The van der Waals surface area contributed by atoms with Crippen molar-refractivity contribution in [2.24, 2.45) is 0 Å². The molecule has 0 spiro atoms. The van der Waals surface area contributed by atoms with Crippen molar-refractivity contribution in [3.05, 3.63) is 35.9 Å². The van der Waals surface area contributed by atoms with Crippen molar-refractivity contribution in [3.63, 3.8) is 0 Å². The van der Waals surface area contributed by atoms with Gasteiger partial charge in [-0.15, -0.1) is 0 Å². The average Bonchev–Trinajstić information content (AvgIpc) is 2.60. The van der Waals surface area contributed by atoms with Gasteiger partial charge in [0.1, 0.15) is 0 Å². The summed E-state index contributed by atoms with van der Waals surface area (Å²) in [5, 5.41) is 13.7. The zero-order valence-electron chi connectivity index (χ0n) is 11.2. The van der Waals surface area contributed by atoms with Crippen molar-refractivity contribution in [1.29, 1.82) is 0 Å². The molecular formula is C13H20N2O3S. The van der Waals surface area contributed by atoms with E-state index in [0.29, 0.717) is 6.54 Å². The molecule has 5 nitrogen and oxygen atoms in total. The lowest BCUT2D eigenvalue weighted by Gasteiger charge is -2.35. The van der Waals surface area contributed by atoms with Crippen LogP contribution in [0.5, 0.6) is 0 Å². The Morgan fingerprint density at radius 3 is 2.32 bits per heavy atom. The number of aliphatic hydroxyl groups excluding tert-OH is 1. The Bertz CT molecular complexity index is 516. The minimum absolute atomic E-state index is 0.0131. The number of hydrogen-bond donors (Lipinski definition) is 1. The predicted octanol–water partition coefficient (Wildman–Crippen LogP) is 0.123. The Labute approximate surface area is 114 Å². The normalized spacial score (nSPS) is 26.2. The fourth-order valence-electron chi connectivity index (χ4n) is 2.42. The molecule has 1 N–H and O–H groups in total. The smallest absolute Gasteiger partial charge is 0.154 e. The van der Waals surface area contributed by atoms with Crippen LogP contribution in [0.2, 0.25) is 0 Å². The summed E-state index contributed by atoms with van der Waals surface area (Å²) in [5.74, 6) is -0.129. The highest BCUT2D eigenvalue weighted by molar-refractivity contribution is 7.91. The van der Waals surface area contributed by atoms with Gasteiger partial charge in [-0.1, -0.05) is 30.3 Å². The van der Waals surface area contributed by atoms with E-state index >= 15 is 0 Å². The molecule has 0 radical (unpaired) electrons. The summed E-state index contributed by atoms with van der Waals surface area (Å²) in [6, 6.07) is 9.45. The van der Waals surface area contributed by atoms with E-state index in [9.17, 15) is 13.5 Å². The molecule has 106 valence electrons. The van der Waals surface area contributed by atoms with Gasteiger partial charge in [-0.3, -0.25) is 0 Å². The second-order valence-electron chi connectivity index (χ2n) is 5.14. The number of benzene rings is 1. The van der Waals surface area contributed by atoms with Crippen molar-refractivity contribution in [2.45, 2.75) is 18.7 Å².